The van der Waals surface area contributed by atoms with E-state index in [2.05, 4.69) is 69.1 Å². The van der Waals surface area contributed by atoms with Crippen LogP contribution in [0.2, 0.25) is 5.02 Å². The highest BCUT2D eigenvalue weighted by Gasteiger charge is 2.12. The molecule has 31 heavy (non-hydrogen) atoms. The third-order valence-electron chi connectivity index (χ3n) is 5.81. The molecule has 3 nitrogen and oxygen atoms in total. The van der Waals surface area contributed by atoms with Gasteiger partial charge in [0, 0.05) is 27.5 Å². The molecule has 1 unspecified atom stereocenters. The van der Waals surface area contributed by atoms with Crippen molar-refractivity contribution in [3.63, 3.8) is 0 Å². The minimum Gasteiger partial charge on any atom is -0.497 e. The maximum Gasteiger partial charge on any atom is 0.119 e. The number of hydrogen-bond donors (Lipinski definition) is 1. The fourth-order valence-electron chi connectivity index (χ4n) is 3.96. The van der Waals surface area contributed by atoms with Gasteiger partial charge in [0.2, 0.25) is 0 Å². The van der Waals surface area contributed by atoms with Crippen molar-refractivity contribution in [2.75, 3.05) is 26.7 Å². The smallest absolute Gasteiger partial charge is 0.119 e. The number of methoxy groups -OCH3 is 1. The fourth-order valence-corrected chi connectivity index (χ4v) is 4.19. The topological polar surface area (TPSA) is 24.5 Å². The maximum atomic E-state index is 6.27. The number of halogens is 1. The van der Waals surface area contributed by atoms with E-state index < -0.39 is 0 Å². The molecule has 0 spiro atoms. The lowest BCUT2D eigenvalue weighted by Gasteiger charge is -2.22. The van der Waals surface area contributed by atoms with Gasteiger partial charge in [0.15, 0.2) is 0 Å². The number of benzene rings is 2. The van der Waals surface area contributed by atoms with Crippen molar-refractivity contribution >= 4 is 23.4 Å². The first kappa shape index (κ1) is 25.3. The summed E-state index contributed by atoms with van der Waals surface area (Å²) in [5.74, 6) is 0.864. The highest BCUT2D eigenvalue weighted by molar-refractivity contribution is 6.30. The molecule has 0 aromatic heterocycles. The van der Waals surface area contributed by atoms with Gasteiger partial charge in [-0.05, 0) is 87.8 Å². The Balaban J connectivity index is 2.51. The van der Waals surface area contributed by atoms with Crippen LogP contribution in [0.1, 0.15) is 58.1 Å². The van der Waals surface area contributed by atoms with E-state index in [-0.39, 0.29) is 0 Å². The molecule has 0 amide bonds. The molecule has 2 rings (SSSR count). The predicted octanol–water partition coefficient (Wildman–Crippen LogP) is 5.10. The molecule has 1 atom stereocenters. The van der Waals surface area contributed by atoms with Gasteiger partial charge in [0.25, 0.3) is 0 Å². The number of rotatable bonds is 11. The van der Waals surface area contributed by atoms with E-state index in [1.54, 1.807) is 7.11 Å². The molecule has 0 saturated carbocycles. The zero-order valence-electron chi connectivity index (χ0n) is 20.1. The summed E-state index contributed by atoms with van der Waals surface area (Å²) in [6.45, 7) is 14.4. The van der Waals surface area contributed by atoms with E-state index in [9.17, 15) is 0 Å². The number of ether oxygens (including phenoxy) is 1. The molecular weight excluding hydrogens is 404 g/mol. The molecule has 0 aliphatic rings. The van der Waals surface area contributed by atoms with Crippen molar-refractivity contribution in [1.29, 1.82) is 0 Å². The fraction of sp³-hybridized carbons (Fsp3) is 0.481. The lowest BCUT2D eigenvalue weighted by atomic mass is 10.0. The zero-order valence-corrected chi connectivity index (χ0v) is 20.9. The normalized spacial score (nSPS) is 14.0. The summed E-state index contributed by atoms with van der Waals surface area (Å²) in [6, 6.07) is 12.8. The second-order valence-electron chi connectivity index (χ2n) is 8.11. The van der Waals surface area contributed by atoms with Crippen LogP contribution in [0.25, 0.3) is 11.8 Å². The molecule has 0 saturated heterocycles. The van der Waals surface area contributed by atoms with Gasteiger partial charge < -0.3 is 15.0 Å². The van der Waals surface area contributed by atoms with Crippen LogP contribution in [-0.4, -0.2) is 37.7 Å². The number of aryl methyl sites for hydroxylation is 1. The van der Waals surface area contributed by atoms with Gasteiger partial charge in [-0.2, -0.15) is 0 Å². The monoisotopic (exact) mass is 442 g/mol. The molecule has 2 aromatic carbocycles. The van der Waals surface area contributed by atoms with E-state index in [0.29, 0.717) is 6.04 Å². The summed E-state index contributed by atoms with van der Waals surface area (Å²) in [5, 5.41) is 7.00. The number of hydrogen-bond acceptors (Lipinski definition) is 3. The van der Waals surface area contributed by atoms with Crippen LogP contribution in [0.3, 0.4) is 0 Å². The first-order valence-electron chi connectivity index (χ1n) is 11.6. The maximum absolute atomic E-state index is 6.27. The third kappa shape index (κ3) is 7.29. The van der Waals surface area contributed by atoms with Crippen LogP contribution in [0.5, 0.6) is 5.75 Å². The standard InChI is InChI=1S/C27H39ClN2O/c1-7-11-22-13-15-24(31-6)19-26(22)27(25-16-14-23(28)18-20(25)4)29-21(5)12-10-17-30(8-2)9-3/h11,13-16,18-19,21,29H,7-10,12,17H2,1-6H3/b22-11+,27-26+. The van der Waals surface area contributed by atoms with Crippen molar-refractivity contribution in [3.05, 3.63) is 63.0 Å². The lowest BCUT2D eigenvalue weighted by molar-refractivity contribution is 0.292. The predicted molar refractivity (Wildman–Crippen MR) is 135 cm³/mol. The molecule has 0 aliphatic carbocycles. The Bertz CT molecular complexity index is 950. The Morgan fingerprint density at radius 2 is 1.87 bits per heavy atom. The van der Waals surface area contributed by atoms with Crippen molar-refractivity contribution in [1.82, 2.24) is 10.2 Å². The third-order valence-corrected chi connectivity index (χ3v) is 6.04. The van der Waals surface area contributed by atoms with Crippen LogP contribution in [0.15, 0.2) is 36.4 Å². The molecule has 2 aromatic rings. The van der Waals surface area contributed by atoms with Crippen LogP contribution >= 0.6 is 11.6 Å². The minimum absolute atomic E-state index is 0.348. The van der Waals surface area contributed by atoms with Gasteiger partial charge in [-0.15, -0.1) is 0 Å². The molecule has 1 N–H and O–H groups in total. The van der Waals surface area contributed by atoms with E-state index in [0.717, 1.165) is 54.5 Å². The lowest BCUT2D eigenvalue weighted by Crippen LogP contribution is -2.36. The average Bonchev–Trinajstić information content (AvgIpc) is 2.76. The van der Waals surface area contributed by atoms with Gasteiger partial charge in [0.05, 0.1) is 7.11 Å². The van der Waals surface area contributed by atoms with Gasteiger partial charge >= 0.3 is 0 Å². The van der Waals surface area contributed by atoms with Crippen LogP contribution in [0, 0.1) is 6.92 Å². The molecule has 0 aliphatic heterocycles. The Hall–Kier alpha value is -1.97. The largest absolute Gasteiger partial charge is 0.497 e. The van der Waals surface area contributed by atoms with E-state index >= 15 is 0 Å². The molecule has 0 heterocycles. The van der Waals surface area contributed by atoms with Crippen molar-refractivity contribution in [2.45, 2.75) is 59.9 Å². The summed E-state index contributed by atoms with van der Waals surface area (Å²) >= 11 is 6.27. The van der Waals surface area contributed by atoms with Crippen molar-refractivity contribution < 1.29 is 4.74 Å². The Kier molecular flexibility index (Phi) is 10.4. The van der Waals surface area contributed by atoms with Crippen molar-refractivity contribution in [2.24, 2.45) is 0 Å². The first-order valence-corrected chi connectivity index (χ1v) is 11.9. The Morgan fingerprint density at radius 1 is 1.13 bits per heavy atom. The quantitative estimate of drug-likeness (QED) is 0.523. The molecular formula is C27H39ClN2O. The minimum atomic E-state index is 0.348. The highest BCUT2D eigenvalue weighted by Crippen LogP contribution is 2.20. The summed E-state index contributed by atoms with van der Waals surface area (Å²) in [6.07, 6.45) is 5.54. The van der Waals surface area contributed by atoms with Crippen LogP contribution in [-0.2, 0) is 0 Å². The molecule has 0 radical (unpaired) electrons. The number of nitrogens with one attached hydrogen (secondary N) is 1. The Labute approximate surface area is 193 Å². The average molecular weight is 443 g/mol. The summed E-state index contributed by atoms with van der Waals surface area (Å²) in [4.78, 5) is 2.48. The van der Waals surface area contributed by atoms with Crippen LogP contribution < -0.4 is 20.5 Å². The SMILES string of the molecule is CC/C=c1\ccc(OC)c\c1=C(/NC(C)CCCN(CC)CC)c1ccc(Cl)cc1C. The first-order chi connectivity index (χ1) is 14.9. The highest BCUT2D eigenvalue weighted by atomic mass is 35.5. The van der Waals surface area contributed by atoms with Gasteiger partial charge in [-0.1, -0.05) is 50.6 Å². The second-order valence-corrected chi connectivity index (χ2v) is 8.55. The second kappa shape index (κ2) is 12.8. The van der Waals surface area contributed by atoms with E-state index in [1.165, 1.54) is 22.4 Å². The zero-order chi connectivity index (χ0) is 22.8. The summed E-state index contributed by atoms with van der Waals surface area (Å²) < 4.78 is 5.56. The molecule has 4 heteroatoms. The van der Waals surface area contributed by atoms with Crippen molar-refractivity contribution in [3.8, 4) is 5.75 Å². The summed E-state index contributed by atoms with van der Waals surface area (Å²) in [5.41, 5.74) is 3.48. The summed E-state index contributed by atoms with van der Waals surface area (Å²) in [7, 11) is 1.72. The molecule has 0 bridgehead atoms. The van der Waals surface area contributed by atoms with Gasteiger partial charge in [-0.25, -0.2) is 0 Å². The van der Waals surface area contributed by atoms with E-state index in [1.807, 2.05) is 18.2 Å². The molecule has 0 fully saturated rings. The Morgan fingerprint density at radius 3 is 2.48 bits per heavy atom. The van der Waals surface area contributed by atoms with E-state index in [4.69, 9.17) is 16.3 Å². The van der Waals surface area contributed by atoms with Gasteiger partial charge in [-0.3, -0.25) is 0 Å². The van der Waals surface area contributed by atoms with Crippen LogP contribution in [0.4, 0.5) is 0 Å². The molecule has 170 valence electrons. The van der Waals surface area contributed by atoms with Gasteiger partial charge in [0.1, 0.15) is 5.75 Å². The number of nitrogens with zero attached hydrogens (tertiary/aromatic N) is 1.